The zero-order valence-corrected chi connectivity index (χ0v) is 6.86. The second kappa shape index (κ2) is 2.52. The third-order valence-corrected chi connectivity index (χ3v) is 1.98. The van der Waals surface area contributed by atoms with Crippen molar-refractivity contribution in [2.24, 2.45) is 5.73 Å². The van der Waals surface area contributed by atoms with Crippen molar-refractivity contribution in [1.82, 2.24) is 4.73 Å². The fourth-order valence-electron chi connectivity index (χ4n) is 1.30. The van der Waals surface area contributed by atoms with Crippen LogP contribution >= 0.6 is 0 Å². The van der Waals surface area contributed by atoms with Gasteiger partial charge in [-0.05, 0) is 24.3 Å². The van der Waals surface area contributed by atoms with E-state index in [2.05, 4.69) is 0 Å². The van der Waals surface area contributed by atoms with E-state index in [4.69, 9.17) is 11.1 Å². The second-order valence-corrected chi connectivity index (χ2v) is 2.85. The van der Waals surface area contributed by atoms with E-state index in [1.807, 2.05) is 0 Å². The maximum Gasteiger partial charge on any atom is 0.122 e. The van der Waals surface area contributed by atoms with Crippen molar-refractivity contribution in [2.75, 3.05) is 0 Å². The summed E-state index contributed by atoms with van der Waals surface area (Å²) >= 11 is 0. The maximum absolute atomic E-state index is 9.27. The van der Waals surface area contributed by atoms with Crippen LogP contribution in [0.3, 0.4) is 0 Å². The number of hydrogen-bond acceptors (Lipinski definition) is 2. The summed E-state index contributed by atoms with van der Waals surface area (Å²) < 4.78 is 1.04. The summed E-state index contributed by atoms with van der Waals surface area (Å²) in [6, 6.07) is 6.97. The van der Waals surface area contributed by atoms with Gasteiger partial charge in [-0.15, -0.1) is 0 Å². The fourth-order valence-corrected chi connectivity index (χ4v) is 1.30. The van der Waals surface area contributed by atoms with Crippen LogP contribution in [-0.2, 0) is 0 Å². The van der Waals surface area contributed by atoms with Crippen LogP contribution in [0.1, 0.15) is 5.56 Å². The molecule has 1 heterocycles. The molecule has 0 amide bonds. The van der Waals surface area contributed by atoms with Gasteiger partial charge in [0.05, 0.1) is 5.52 Å². The van der Waals surface area contributed by atoms with Crippen molar-refractivity contribution >= 4 is 16.7 Å². The first-order valence-electron chi connectivity index (χ1n) is 3.83. The van der Waals surface area contributed by atoms with Gasteiger partial charge in [0.2, 0.25) is 0 Å². The first-order valence-corrected chi connectivity index (χ1v) is 3.83. The SMILES string of the molecule is N=C(N)c1ccc2c(ccn2O)c1. The van der Waals surface area contributed by atoms with Gasteiger partial charge in [0, 0.05) is 17.1 Å². The number of benzene rings is 1. The Morgan fingerprint density at radius 1 is 1.38 bits per heavy atom. The van der Waals surface area contributed by atoms with Crippen molar-refractivity contribution < 1.29 is 5.21 Å². The third-order valence-electron chi connectivity index (χ3n) is 1.98. The van der Waals surface area contributed by atoms with E-state index in [9.17, 15) is 5.21 Å². The third kappa shape index (κ3) is 1.12. The molecule has 4 heteroatoms. The Morgan fingerprint density at radius 3 is 2.85 bits per heavy atom. The summed E-state index contributed by atoms with van der Waals surface area (Å²) in [4.78, 5) is 0. The molecule has 0 radical (unpaired) electrons. The Morgan fingerprint density at radius 2 is 2.15 bits per heavy atom. The molecule has 0 saturated heterocycles. The smallest absolute Gasteiger partial charge is 0.122 e. The Bertz CT molecular complexity index is 473. The van der Waals surface area contributed by atoms with E-state index >= 15 is 0 Å². The molecule has 0 aliphatic rings. The maximum atomic E-state index is 9.27. The molecule has 0 saturated carbocycles. The Labute approximate surface area is 74.7 Å². The predicted molar refractivity (Wildman–Crippen MR) is 50.1 cm³/mol. The number of nitrogens with zero attached hydrogens (tertiary/aromatic N) is 1. The van der Waals surface area contributed by atoms with E-state index in [0.717, 1.165) is 10.1 Å². The highest BCUT2D eigenvalue weighted by atomic mass is 16.5. The molecule has 66 valence electrons. The molecule has 4 N–H and O–H groups in total. The molecule has 0 spiro atoms. The number of aromatic nitrogens is 1. The molecule has 0 unspecified atom stereocenters. The number of nitrogen functional groups attached to an aromatic ring is 1. The first kappa shape index (κ1) is 7.67. The van der Waals surface area contributed by atoms with Gasteiger partial charge in [0.25, 0.3) is 0 Å². The zero-order chi connectivity index (χ0) is 9.42. The highest BCUT2D eigenvalue weighted by Crippen LogP contribution is 2.15. The van der Waals surface area contributed by atoms with Crippen molar-refractivity contribution in [3.63, 3.8) is 0 Å². The van der Waals surface area contributed by atoms with Crippen molar-refractivity contribution in [3.05, 3.63) is 36.0 Å². The van der Waals surface area contributed by atoms with Gasteiger partial charge >= 0.3 is 0 Å². The molecule has 0 atom stereocenters. The second-order valence-electron chi connectivity index (χ2n) is 2.85. The minimum atomic E-state index is 0.0348. The largest absolute Gasteiger partial charge is 0.428 e. The number of nitrogens with two attached hydrogens (primary N) is 1. The molecule has 2 rings (SSSR count). The summed E-state index contributed by atoms with van der Waals surface area (Å²) in [6.45, 7) is 0. The monoisotopic (exact) mass is 175 g/mol. The van der Waals surface area contributed by atoms with Gasteiger partial charge in [-0.1, -0.05) is 0 Å². The molecule has 1 aromatic carbocycles. The fraction of sp³-hybridized carbons (Fsp3) is 0. The Hall–Kier alpha value is -1.97. The number of amidine groups is 1. The minimum absolute atomic E-state index is 0.0348. The van der Waals surface area contributed by atoms with Crippen LogP contribution < -0.4 is 5.73 Å². The quantitative estimate of drug-likeness (QED) is 0.345. The zero-order valence-electron chi connectivity index (χ0n) is 6.86. The number of fused-ring (bicyclic) bond motifs is 1. The average Bonchev–Trinajstić information content (AvgIpc) is 2.47. The Balaban J connectivity index is 2.70. The number of nitrogens with one attached hydrogen (secondary N) is 1. The van der Waals surface area contributed by atoms with Crippen molar-refractivity contribution in [2.45, 2.75) is 0 Å². The summed E-state index contributed by atoms with van der Waals surface area (Å²) in [5.41, 5.74) is 6.70. The molecule has 2 aromatic rings. The van der Waals surface area contributed by atoms with E-state index in [1.165, 1.54) is 0 Å². The number of rotatable bonds is 1. The molecular formula is C9H9N3O. The lowest BCUT2D eigenvalue weighted by Gasteiger charge is -1.98. The lowest BCUT2D eigenvalue weighted by molar-refractivity contribution is 0.200. The van der Waals surface area contributed by atoms with Gasteiger partial charge in [0.15, 0.2) is 0 Å². The lowest BCUT2D eigenvalue weighted by atomic mass is 10.1. The molecule has 1 aromatic heterocycles. The molecule has 0 fully saturated rings. The van der Waals surface area contributed by atoms with Gasteiger partial charge in [-0.2, -0.15) is 4.73 Å². The van der Waals surface area contributed by atoms with Crippen molar-refractivity contribution in [3.8, 4) is 0 Å². The van der Waals surface area contributed by atoms with E-state index in [-0.39, 0.29) is 5.84 Å². The van der Waals surface area contributed by atoms with Crippen LogP contribution in [0.2, 0.25) is 0 Å². The highest BCUT2D eigenvalue weighted by Gasteiger charge is 2.01. The van der Waals surface area contributed by atoms with Crippen LogP contribution in [0.5, 0.6) is 0 Å². The summed E-state index contributed by atoms with van der Waals surface area (Å²) in [6.07, 6.45) is 1.55. The van der Waals surface area contributed by atoms with Crippen LogP contribution in [0.25, 0.3) is 10.9 Å². The lowest BCUT2D eigenvalue weighted by Crippen LogP contribution is -2.10. The molecule has 0 aliphatic carbocycles. The summed E-state index contributed by atoms with van der Waals surface area (Å²) in [5.74, 6) is 0.0348. The van der Waals surface area contributed by atoms with Gasteiger partial charge in [-0.3, -0.25) is 5.41 Å². The van der Waals surface area contributed by atoms with E-state index < -0.39 is 0 Å². The predicted octanol–water partition coefficient (Wildman–Crippen LogP) is 1.16. The topological polar surface area (TPSA) is 75.0 Å². The average molecular weight is 175 g/mol. The summed E-state index contributed by atoms with van der Waals surface area (Å²) in [5, 5.41) is 17.4. The number of hydrogen-bond donors (Lipinski definition) is 3. The van der Waals surface area contributed by atoms with Crippen LogP contribution in [0.15, 0.2) is 30.5 Å². The molecule has 13 heavy (non-hydrogen) atoms. The van der Waals surface area contributed by atoms with Gasteiger partial charge in [0.1, 0.15) is 5.84 Å². The first-order chi connectivity index (χ1) is 6.18. The van der Waals surface area contributed by atoms with E-state index in [1.54, 1.807) is 30.5 Å². The minimum Gasteiger partial charge on any atom is -0.428 e. The van der Waals surface area contributed by atoms with Crippen LogP contribution in [0, 0.1) is 5.41 Å². The standard InChI is InChI=1S/C9H9N3O/c10-9(11)7-1-2-8-6(5-7)3-4-12(8)13/h1-5,13H,(H3,10,11). The highest BCUT2D eigenvalue weighted by molar-refractivity contribution is 5.98. The normalized spacial score (nSPS) is 10.5. The molecule has 0 bridgehead atoms. The Kier molecular flexibility index (Phi) is 1.48. The van der Waals surface area contributed by atoms with Gasteiger partial charge < -0.3 is 10.9 Å². The van der Waals surface area contributed by atoms with E-state index in [0.29, 0.717) is 11.1 Å². The molecule has 0 aliphatic heterocycles. The van der Waals surface area contributed by atoms with Gasteiger partial charge in [-0.25, -0.2) is 0 Å². The van der Waals surface area contributed by atoms with Crippen LogP contribution in [-0.4, -0.2) is 15.8 Å². The van der Waals surface area contributed by atoms with Crippen LogP contribution in [0.4, 0.5) is 0 Å². The van der Waals surface area contributed by atoms with Crippen molar-refractivity contribution in [1.29, 1.82) is 5.41 Å². The molecule has 4 nitrogen and oxygen atoms in total. The summed E-state index contributed by atoms with van der Waals surface area (Å²) in [7, 11) is 0. The molecular weight excluding hydrogens is 166 g/mol.